The topological polar surface area (TPSA) is 96.3 Å². The fourth-order valence-electron chi connectivity index (χ4n) is 3.40. The van der Waals surface area contributed by atoms with Crippen molar-refractivity contribution in [3.8, 4) is 5.13 Å². The minimum Gasteiger partial charge on any atom is -0.339 e. The number of nitrogens with zero attached hydrogens (tertiary/aromatic N) is 4. The van der Waals surface area contributed by atoms with E-state index >= 15 is 0 Å². The number of aryl methyl sites for hydroxylation is 1. The first-order valence-corrected chi connectivity index (χ1v) is 10.2. The van der Waals surface area contributed by atoms with Gasteiger partial charge in [0.2, 0.25) is 0 Å². The normalized spacial score (nSPS) is 12.7. The van der Waals surface area contributed by atoms with Crippen molar-refractivity contribution in [2.75, 3.05) is 0 Å². The Kier molecular flexibility index (Phi) is 5.00. The van der Waals surface area contributed by atoms with Crippen LogP contribution < -0.4 is 10.9 Å². The Balaban J connectivity index is 1.51. The van der Waals surface area contributed by atoms with Crippen LogP contribution in [-0.2, 0) is 13.1 Å². The van der Waals surface area contributed by atoms with E-state index in [2.05, 4.69) is 56.7 Å². The van der Waals surface area contributed by atoms with Gasteiger partial charge in [-0.1, -0.05) is 0 Å². The number of H-pyrrole nitrogens is 2. The predicted molar refractivity (Wildman–Crippen MR) is 113 cm³/mol. The average Bonchev–Trinajstić information content (AvgIpc) is 3.38. The molecule has 0 amide bonds. The van der Waals surface area contributed by atoms with Crippen LogP contribution in [0.15, 0.2) is 28.8 Å². The predicted octanol–water partition coefficient (Wildman–Crippen LogP) is 2.82. The number of rotatable bonds is 6. The number of fused-ring (bicyclic) bond motifs is 1. The molecule has 0 radical (unpaired) electrons. The van der Waals surface area contributed by atoms with Crippen molar-refractivity contribution in [1.82, 2.24) is 34.4 Å². The van der Waals surface area contributed by atoms with Crippen molar-refractivity contribution in [1.29, 1.82) is 0 Å². The van der Waals surface area contributed by atoms with E-state index in [1.807, 2.05) is 16.1 Å². The van der Waals surface area contributed by atoms with Gasteiger partial charge in [0.25, 0.3) is 5.56 Å². The molecular formula is C18H21N7OS2. The molecule has 0 fully saturated rings. The lowest BCUT2D eigenvalue weighted by atomic mass is 10.2. The molecule has 10 heteroatoms. The SMILES string of the molecule is Cc1cc(CNC(C)Cn2c(=S)[nH]c(=O)c3[nH]cnc32)c(C)n1-c1nccs1. The van der Waals surface area contributed by atoms with Gasteiger partial charge in [-0.05, 0) is 44.6 Å². The molecule has 4 aromatic heterocycles. The van der Waals surface area contributed by atoms with Crippen molar-refractivity contribution < 1.29 is 0 Å². The van der Waals surface area contributed by atoms with Crippen molar-refractivity contribution in [2.24, 2.45) is 0 Å². The molecule has 1 atom stereocenters. The minimum absolute atomic E-state index is 0.125. The van der Waals surface area contributed by atoms with Gasteiger partial charge in [0, 0.05) is 42.1 Å². The van der Waals surface area contributed by atoms with Crippen LogP contribution in [0.3, 0.4) is 0 Å². The van der Waals surface area contributed by atoms with Gasteiger partial charge in [-0.2, -0.15) is 0 Å². The van der Waals surface area contributed by atoms with E-state index < -0.39 is 0 Å². The molecule has 0 spiro atoms. The molecule has 0 saturated carbocycles. The van der Waals surface area contributed by atoms with Gasteiger partial charge in [-0.15, -0.1) is 11.3 Å². The molecule has 146 valence electrons. The fourth-order valence-corrected chi connectivity index (χ4v) is 4.41. The summed E-state index contributed by atoms with van der Waals surface area (Å²) in [6.07, 6.45) is 3.33. The molecule has 4 rings (SSSR count). The average molecular weight is 416 g/mol. The summed E-state index contributed by atoms with van der Waals surface area (Å²) >= 11 is 6.96. The van der Waals surface area contributed by atoms with Crippen molar-refractivity contribution in [2.45, 2.75) is 39.9 Å². The van der Waals surface area contributed by atoms with Crippen LogP contribution in [0.2, 0.25) is 0 Å². The van der Waals surface area contributed by atoms with Gasteiger partial charge in [0.05, 0.1) is 6.33 Å². The van der Waals surface area contributed by atoms with Crippen LogP contribution >= 0.6 is 23.6 Å². The first-order valence-electron chi connectivity index (χ1n) is 8.93. The summed E-state index contributed by atoms with van der Waals surface area (Å²) in [5.74, 6) is 0. The Morgan fingerprint density at radius 3 is 2.93 bits per heavy atom. The highest BCUT2D eigenvalue weighted by Crippen LogP contribution is 2.22. The van der Waals surface area contributed by atoms with E-state index in [0.717, 1.165) is 17.4 Å². The lowest BCUT2D eigenvalue weighted by Gasteiger charge is -2.16. The fraction of sp³-hybridized carbons (Fsp3) is 0.333. The molecule has 28 heavy (non-hydrogen) atoms. The molecule has 0 bridgehead atoms. The van der Waals surface area contributed by atoms with Crippen LogP contribution in [0.5, 0.6) is 0 Å². The van der Waals surface area contributed by atoms with Crippen molar-refractivity contribution in [3.63, 3.8) is 0 Å². The molecule has 4 heterocycles. The number of aromatic nitrogens is 6. The van der Waals surface area contributed by atoms with E-state index in [0.29, 0.717) is 22.5 Å². The second-order valence-electron chi connectivity index (χ2n) is 6.80. The summed E-state index contributed by atoms with van der Waals surface area (Å²) in [6, 6.07) is 2.31. The molecule has 3 N–H and O–H groups in total. The second-order valence-corrected chi connectivity index (χ2v) is 8.06. The zero-order valence-electron chi connectivity index (χ0n) is 15.8. The van der Waals surface area contributed by atoms with E-state index in [-0.39, 0.29) is 11.6 Å². The van der Waals surface area contributed by atoms with Gasteiger partial charge in [-0.3, -0.25) is 18.9 Å². The van der Waals surface area contributed by atoms with E-state index in [1.165, 1.54) is 17.6 Å². The van der Waals surface area contributed by atoms with Crippen LogP contribution in [0, 0.1) is 18.6 Å². The standard InChI is InChI=1S/C18H21N7OS2/c1-10(8-24-15-14(21-9-22-15)16(26)23-17(24)27)20-7-13-6-11(2)25(12(13)3)18-19-4-5-28-18/h4-6,9-10,20H,7-8H2,1-3H3,(H,21,22)(H,23,26,27). The second kappa shape index (κ2) is 7.46. The quantitative estimate of drug-likeness (QED) is 0.421. The highest BCUT2D eigenvalue weighted by atomic mass is 32.1. The van der Waals surface area contributed by atoms with Crippen molar-refractivity contribution >= 4 is 34.7 Å². The number of thiazole rings is 1. The van der Waals surface area contributed by atoms with Crippen LogP contribution in [0.1, 0.15) is 23.9 Å². The largest absolute Gasteiger partial charge is 0.339 e. The maximum atomic E-state index is 11.9. The Morgan fingerprint density at radius 1 is 1.36 bits per heavy atom. The van der Waals surface area contributed by atoms with Gasteiger partial charge < -0.3 is 10.3 Å². The molecule has 0 aliphatic heterocycles. The van der Waals surface area contributed by atoms with E-state index in [4.69, 9.17) is 12.2 Å². The highest BCUT2D eigenvalue weighted by molar-refractivity contribution is 7.71. The lowest BCUT2D eigenvalue weighted by Crippen LogP contribution is -2.31. The van der Waals surface area contributed by atoms with Crippen LogP contribution in [0.25, 0.3) is 16.3 Å². The zero-order chi connectivity index (χ0) is 19.8. The summed E-state index contributed by atoms with van der Waals surface area (Å²) in [4.78, 5) is 26.2. The maximum Gasteiger partial charge on any atom is 0.277 e. The van der Waals surface area contributed by atoms with Gasteiger partial charge in [0.1, 0.15) is 5.52 Å². The highest BCUT2D eigenvalue weighted by Gasteiger charge is 2.14. The molecule has 0 aliphatic carbocycles. The number of aromatic amines is 2. The monoisotopic (exact) mass is 415 g/mol. The molecule has 0 aromatic carbocycles. The third-order valence-corrected chi connectivity index (χ3v) is 5.89. The van der Waals surface area contributed by atoms with Gasteiger partial charge in [0.15, 0.2) is 15.5 Å². The molecule has 4 aromatic rings. The van der Waals surface area contributed by atoms with Crippen molar-refractivity contribution in [3.05, 3.63) is 56.0 Å². The summed E-state index contributed by atoms with van der Waals surface area (Å²) in [6.45, 7) is 7.62. The van der Waals surface area contributed by atoms with E-state index in [9.17, 15) is 4.79 Å². The third-order valence-electron chi connectivity index (χ3n) is 4.81. The molecule has 1 unspecified atom stereocenters. The summed E-state index contributed by atoms with van der Waals surface area (Å²) in [7, 11) is 0. The number of imidazole rings is 1. The summed E-state index contributed by atoms with van der Waals surface area (Å²) in [5, 5.41) is 6.51. The molecule has 0 saturated heterocycles. The van der Waals surface area contributed by atoms with Gasteiger partial charge in [-0.25, -0.2) is 9.97 Å². The Bertz CT molecular complexity index is 1230. The summed E-state index contributed by atoms with van der Waals surface area (Å²) < 4.78 is 4.40. The number of hydrogen-bond acceptors (Lipinski definition) is 6. The Labute approximate surface area is 170 Å². The maximum absolute atomic E-state index is 11.9. The zero-order valence-corrected chi connectivity index (χ0v) is 17.4. The smallest absolute Gasteiger partial charge is 0.277 e. The van der Waals surface area contributed by atoms with E-state index in [1.54, 1.807) is 11.3 Å². The van der Waals surface area contributed by atoms with Crippen LogP contribution in [-0.4, -0.2) is 35.1 Å². The molecular weight excluding hydrogens is 394 g/mol. The molecule has 8 nitrogen and oxygen atoms in total. The van der Waals surface area contributed by atoms with Gasteiger partial charge >= 0.3 is 0 Å². The third kappa shape index (κ3) is 3.34. The lowest BCUT2D eigenvalue weighted by molar-refractivity contribution is 0.474. The number of nitrogens with one attached hydrogen (secondary N) is 3. The number of hydrogen-bond donors (Lipinski definition) is 3. The minimum atomic E-state index is -0.246. The first kappa shape index (κ1) is 18.8. The van der Waals surface area contributed by atoms with Crippen LogP contribution in [0.4, 0.5) is 0 Å². The molecule has 0 aliphatic rings. The Morgan fingerprint density at radius 2 is 2.18 bits per heavy atom. The Hall–Kier alpha value is -2.56. The summed E-state index contributed by atoms with van der Waals surface area (Å²) in [5.41, 5.74) is 4.34. The first-order chi connectivity index (χ1) is 13.5.